The third-order valence-electron chi connectivity index (χ3n) is 5.67. The fourth-order valence-corrected chi connectivity index (χ4v) is 4.83. The summed E-state index contributed by atoms with van der Waals surface area (Å²) >= 11 is 7.50. The summed E-state index contributed by atoms with van der Waals surface area (Å²) in [5, 5.41) is 10.5. The minimum absolute atomic E-state index is 0.0682. The van der Waals surface area contributed by atoms with Gasteiger partial charge in [-0.05, 0) is 55.1 Å². The maximum atomic E-state index is 13.5. The van der Waals surface area contributed by atoms with Gasteiger partial charge in [-0.25, -0.2) is 9.37 Å². The number of benzene rings is 2. The lowest BCUT2D eigenvalue weighted by atomic mass is 10.1. The van der Waals surface area contributed by atoms with E-state index in [1.165, 1.54) is 6.07 Å². The summed E-state index contributed by atoms with van der Waals surface area (Å²) in [7, 11) is 0. The van der Waals surface area contributed by atoms with Gasteiger partial charge in [0.15, 0.2) is 0 Å². The van der Waals surface area contributed by atoms with Crippen molar-refractivity contribution in [2.75, 3.05) is 5.32 Å². The lowest BCUT2D eigenvalue weighted by Gasteiger charge is -2.11. The molecule has 170 valence electrons. The second-order valence-electron chi connectivity index (χ2n) is 7.96. The Labute approximate surface area is 204 Å². The molecule has 0 saturated heterocycles. The molecule has 5 nitrogen and oxygen atoms in total. The van der Waals surface area contributed by atoms with E-state index in [2.05, 4.69) is 10.4 Å². The number of anilines is 1. The molecule has 34 heavy (non-hydrogen) atoms. The van der Waals surface area contributed by atoms with Crippen LogP contribution in [0.15, 0.2) is 66.0 Å². The molecule has 0 bridgehead atoms. The molecule has 0 spiro atoms. The first-order valence-electron chi connectivity index (χ1n) is 10.6. The Morgan fingerprint density at radius 2 is 1.94 bits per heavy atom. The Kier molecular flexibility index (Phi) is 5.89. The van der Waals surface area contributed by atoms with Crippen LogP contribution >= 0.6 is 22.9 Å². The summed E-state index contributed by atoms with van der Waals surface area (Å²) in [5.41, 5.74) is 5.02. The Balaban J connectivity index is 1.48. The molecular weight excluding hydrogens is 471 g/mol. The highest BCUT2D eigenvalue weighted by molar-refractivity contribution is 7.13. The number of aromatic nitrogens is 3. The molecular formula is C26H20ClFN4OS. The number of hydrogen-bond donors (Lipinski definition) is 1. The number of fused-ring (bicyclic) bond motifs is 1. The van der Waals surface area contributed by atoms with Crippen molar-refractivity contribution in [2.45, 2.75) is 20.4 Å². The SMILES string of the molecule is Cc1nn(Cc2ccc(F)c(Cl)c2)c(C)c1NC(=O)c1cc(-c2cccs2)nc2ccccc12. The van der Waals surface area contributed by atoms with Crippen molar-refractivity contribution in [3.63, 3.8) is 0 Å². The van der Waals surface area contributed by atoms with Crippen LogP contribution in [0.4, 0.5) is 10.1 Å². The van der Waals surface area contributed by atoms with Crippen molar-refractivity contribution >= 4 is 45.4 Å². The first kappa shape index (κ1) is 22.3. The average molecular weight is 491 g/mol. The van der Waals surface area contributed by atoms with E-state index >= 15 is 0 Å². The summed E-state index contributed by atoms with van der Waals surface area (Å²) in [6, 6.07) is 18.0. The summed E-state index contributed by atoms with van der Waals surface area (Å²) in [6.07, 6.45) is 0. The van der Waals surface area contributed by atoms with Gasteiger partial charge in [-0.3, -0.25) is 9.48 Å². The summed E-state index contributed by atoms with van der Waals surface area (Å²) in [5.74, 6) is -0.690. The molecule has 0 fully saturated rings. The largest absolute Gasteiger partial charge is 0.319 e. The van der Waals surface area contributed by atoms with Crippen molar-refractivity contribution in [1.29, 1.82) is 0 Å². The van der Waals surface area contributed by atoms with Gasteiger partial charge in [0, 0.05) is 5.39 Å². The lowest BCUT2D eigenvalue weighted by Crippen LogP contribution is -2.14. The molecule has 2 aromatic carbocycles. The molecule has 3 heterocycles. The molecule has 5 aromatic rings. The van der Waals surface area contributed by atoms with Gasteiger partial charge in [0.05, 0.1) is 50.3 Å². The number of nitrogens with one attached hydrogen (secondary N) is 1. The quantitative estimate of drug-likeness (QED) is 0.292. The van der Waals surface area contributed by atoms with Gasteiger partial charge in [0.25, 0.3) is 5.91 Å². The van der Waals surface area contributed by atoms with Crippen LogP contribution in [0, 0.1) is 19.7 Å². The maximum absolute atomic E-state index is 13.5. The Bertz CT molecular complexity index is 1530. The molecule has 0 aliphatic heterocycles. The fourth-order valence-electron chi connectivity index (χ4n) is 3.94. The summed E-state index contributed by atoms with van der Waals surface area (Å²) in [4.78, 5) is 19.2. The van der Waals surface area contributed by atoms with E-state index in [1.54, 1.807) is 28.2 Å². The van der Waals surface area contributed by atoms with Gasteiger partial charge in [-0.1, -0.05) is 41.9 Å². The molecule has 8 heteroatoms. The van der Waals surface area contributed by atoms with Crippen LogP contribution in [0.25, 0.3) is 21.5 Å². The number of amides is 1. The number of aryl methyl sites for hydroxylation is 1. The molecule has 0 radical (unpaired) electrons. The van der Waals surface area contributed by atoms with Crippen LogP contribution in [0.1, 0.15) is 27.3 Å². The van der Waals surface area contributed by atoms with E-state index < -0.39 is 5.82 Å². The predicted molar refractivity (Wildman–Crippen MR) is 135 cm³/mol. The third kappa shape index (κ3) is 4.20. The highest BCUT2D eigenvalue weighted by Crippen LogP contribution is 2.29. The van der Waals surface area contributed by atoms with Crippen molar-refractivity contribution in [3.8, 4) is 10.6 Å². The number of nitrogens with zero attached hydrogens (tertiary/aromatic N) is 3. The minimum Gasteiger partial charge on any atom is -0.319 e. The van der Waals surface area contributed by atoms with Gasteiger partial charge in [0.2, 0.25) is 0 Å². The van der Waals surface area contributed by atoms with Gasteiger partial charge in [-0.15, -0.1) is 11.3 Å². The molecule has 0 aliphatic carbocycles. The molecule has 0 atom stereocenters. The number of thiophene rings is 1. The molecule has 0 aliphatic rings. The van der Waals surface area contributed by atoms with Crippen molar-refractivity contribution in [2.24, 2.45) is 0 Å². The number of hydrogen-bond acceptors (Lipinski definition) is 4. The smallest absolute Gasteiger partial charge is 0.256 e. The average Bonchev–Trinajstić information content (AvgIpc) is 3.46. The van der Waals surface area contributed by atoms with Crippen molar-refractivity contribution in [1.82, 2.24) is 14.8 Å². The Hall–Kier alpha value is -3.55. The number of para-hydroxylation sites is 1. The number of rotatable bonds is 5. The van der Waals surface area contributed by atoms with Crippen LogP contribution in [-0.2, 0) is 6.54 Å². The highest BCUT2D eigenvalue weighted by Gasteiger charge is 2.19. The van der Waals surface area contributed by atoms with Crippen LogP contribution in [-0.4, -0.2) is 20.7 Å². The van der Waals surface area contributed by atoms with Crippen molar-refractivity contribution < 1.29 is 9.18 Å². The number of pyridine rings is 1. The molecule has 1 N–H and O–H groups in total. The highest BCUT2D eigenvalue weighted by atomic mass is 35.5. The monoisotopic (exact) mass is 490 g/mol. The minimum atomic E-state index is -0.460. The van der Waals surface area contributed by atoms with E-state index in [-0.39, 0.29) is 10.9 Å². The molecule has 0 unspecified atom stereocenters. The zero-order chi connectivity index (χ0) is 23.8. The van der Waals surface area contributed by atoms with Gasteiger partial charge in [-0.2, -0.15) is 5.10 Å². The molecule has 0 saturated carbocycles. The molecule has 3 aromatic heterocycles. The van der Waals surface area contributed by atoms with E-state index in [0.29, 0.717) is 23.5 Å². The normalized spacial score (nSPS) is 11.2. The van der Waals surface area contributed by atoms with E-state index in [1.807, 2.05) is 61.7 Å². The van der Waals surface area contributed by atoms with Crippen LogP contribution in [0.3, 0.4) is 0 Å². The predicted octanol–water partition coefficient (Wildman–Crippen LogP) is 6.87. The zero-order valence-electron chi connectivity index (χ0n) is 18.5. The first-order valence-corrected chi connectivity index (χ1v) is 11.9. The zero-order valence-corrected chi connectivity index (χ0v) is 20.0. The van der Waals surface area contributed by atoms with Crippen LogP contribution in [0.2, 0.25) is 5.02 Å². The molecule has 1 amide bonds. The second-order valence-corrected chi connectivity index (χ2v) is 9.31. The first-order chi connectivity index (χ1) is 16.4. The Morgan fingerprint density at radius 3 is 2.71 bits per heavy atom. The topological polar surface area (TPSA) is 59.8 Å². The maximum Gasteiger partial charge on any atom is 0.256 e. The molecule has 5 rings (SSSR count). The summed E-state index contributed by atoms with van der Waals surface area (Å²) < 4.78 is 15.3. The van der Waals surface area contributed by atoms with Gasteiger partial charge >= 0.3 is 0 Å². The van der Waals surface area contributed by atoms with Gasteiger partial charge < -0.3 is 5.32 Å². The van der Waals surface area contributed by atoms with E-state index in [9.17, 15) is 9.18 Å². The van der Waals surface area contributed by atoms with E-state index in [4.69, 9.17) is 16.6 Å². The third-order valence-corrected chi connectivity index (χ3v) is 6.85. The number of carbonyl (C=O) groups excluding carboxylic acids is 1. The summed E-state index contributed by atoms with van der Waals surface area (Å²) in [6.45, 7) is 4.14. The Morgan fingerprint density at radius 1 is 1.12 bits per heavy atom. The number of carbonyl (C=O) groups is 1. The van der Waals surface area contributed by atoms with Crippen molar-refractivity contribution in [3.05, 3.63) is 99.4 Å². The van der Waals surface area contributed by atoms with Crippen LogP contribution in [0.5, 0.6) is 0 Å². The standard InChI is InChI=1S/C26H20ClFN4OS/c1-15-25(16(2)32(31-15)14-17-9-10-21(28)20(27)12-17)30-26(33)19-13-23(24-8-5-11-34-24)29-22-7-4-3-6-18(19)22/h3-13H,14H2,1-2H3,(H,30,33). The lowest BCUT2D eigenvalue weighted by molar-refractivity contribution is 0.102. The van der Waals surface area contributed by atoms with E-state index in [0.717, 1.165) is 32.7 Å². The second kappa shape index (κ2) is 9.00. The van der Waals surface area contributed by atoms with Crippen LogP contribution < -0.4 is 5.32 Å². The number of halogens is 2. The fraction of sp³-hybridized carbons (Fsp3) is 0.115. The van der Waals surface area contributed by atoms with Gasteiger partial charge in [0.1, 0.15) is 5.82 Å².